The average molecular weight is 314 g/mol. The van der Waals surface area contributed by atoms with E-state index in [-0.39, 0.29) is 12.7 Å². The molecule has 0 saturated carbocycles. The first-order valence-electron chi connectivity index (χ1n) is 7.41. The van der Waals surface area contributed by atoms with Crippen LogP contribution in [-0.2, 0) is 9.47 Å². The van der Waals surface area contributed by atoms with Gasteiger partial charge in [0.1, 0.15) is 18.9 Å². The predicted octanol–water partition coefficient (Wildman–Crippen LogP) is -2.35. The summed E-state index contributed by atoms with van der Waals surface area (Å²) in [4.78, 5) is 26.8. The number of nitrogens with one attached hydrogen (secondary N) is 2. The number of aryl methyl sites for hydroxylation is 1. The van der Waals surface area contributed by atoms with Gasteiger partial charge in [-0.3, -0.25) is 14.3 Å². The first-order chi connectivity index (χ1) is 10.4. The van der Waals surface area contributed by atoms with Crippen LogP contribution >= 0.6 is 0 Å². The summed E-state index contributed by atoms with van der Waals surface area (Å²) in [6.07, 6.45) is 0.651. The van der Waals surface area contributed by atoms with Gasteiger partial charge in [0.25, 0.3) is 5.56 Å². The molecule has 8 nitrogen and oxygen atoms in total. The molecule has 0 aliphatic carbocycles. The minimum Gasteiger partial charge on any atom is -0.394 e. The molecule has 0 spiro atoms. The molecule has 1 fully saturated rings. The Bertz CT molecular complexity index is 609. The third kappa shape index (κ3) is 3.83. The fraction of sp³-hybridized carbons (Fsp3) is 0.714. The number of nitrogens with zero attached hydrogens (tertiary/aromatic N) is 1. The third-order valence-corrected chi connectivity index (χ3v) is 3.75. The van der Waals surface area contributed by atoms with Crippen molar-refractivity contribution in [3.05, 3.63) is 32.6 Å². The van der Waals surface area contributed by atoms with Crippen molar-refractivity contribution in [3.8, 4) is 0 Å². The van der Waals surface area contributed by atoms with Gasteiger partial charge in [-0.05, 0) is 6.92 Å². The zero-order chi connectivity index (χ0) is 16.3. The maximum Gasteiger partial charge on any atom is 0.330 e. The van der Waals surface area contributed by atoms with Crippen molar-refractivity contribution in [2.24, 2.45) is 0 Å². The van der Waals surface area contributed by atoms with Crippen LogP contribution in [0.15, 0.2) is 15.8 Å². The number of aromatic nitrogens is 2. The molecule has 1 aliphatic rings. The molecule has 1 aromatic rings. The molecule has 2 heterocycles. The number of ether oxygens (including phenoxy) is 2. The molecule has 3 N–H and O–H groups in total. The van der Waals surface area contributed by atoms with E-state index in [1.807, 2.05) is 14.1 Å². The lowest BCUT2D eigenvalue weighted by Gasteiger charge is -2.17. The van der Waals surface area contributed by atoms with Gasteiger partial charge in [-0.2, -0.15) is 0 Å². The summed E-state index contributed by atoms with van der Waals surface area (Å²) in [6.45, 7) is 2.85. The SMILES string of the molecule is Cc1cn([C@H]2C[C@H](OCC[NH+](C)C)[C@@H](CO)O2)c(=O)[nH]c1=O. The summed E-state index contributed by atoms with van der Waals surface area (Å²) in [5, 5.41) is 9.42. The van der Waals surface area contributed by atoms with Crippen LogP contribution in [0.2, 0.25) is 0 Å². The van der Waals surface area contributed by atoms with Crippen molar-refractivity contribution < 1.29 is 19.5 Å². The standard InChI is InChI=1S/C14H23N3O5/c1-9-7-17(14(20)15-13(9)19)12-6-10(11(8-18)22-12)21-5-4-16(2)3/h7,10-12,18H,4-6,8H2,1-3H3,(H,15,19,20)/p+1/t10-,11+,12+/m0/s1. The molecule has 0 bridgehead atoms. The molecule has 2 rings (SSSR count). The van der Waals surface area contributed by atoms with Crippen molar-refractivity contribution in [1.82, 2.24) is 9.55 Å². The summed E-state index contributed by atoms with van der Waals surface area (Å²) in [7, 11) is 4.06. The second-order valence-corrected chi connectivity index (χ2v) is 5.89. The monoisotopic (exact) mass is 314 g/mol. The number of aliphatic hydroxyl groups excluding tert-OH is 1. The lowest BCUT2D eigenvalue weighted by Crippen LogP contribution is -3.06. The van der Waals surface area contributed by atoms with Crippen LogP contribution in [0.1, 0.15) is 18.2 Å². The Labute approximate surface area is 128 Å². The summed E-state index contributed by atoms with van der Waals surface area (Å²) < 4.78 is 12.8. The van der Waals surface area contributed by atoms with Gasteiger partial charge >= 0.3 is 5.69 Å². The minimum absolute atomic E-state index is 0.174. The van der Waals surface area contributed by atoms with Gasteiger partial charge in [-0.25, -0.2) is 4.79 Å². The number of H-pyrrole nitrogens is 1. The lowest BCUT2D eigenvalue weighted by atomic mass is 10.2. The van der Waals surface area contributed by atoms with E-state index in [0.29, 0.717) is 18.6 Å². The average Bonchev–Trinajstić information content (AvgIpc) is 2.85. The summed E-state index contributed by atoms with van der Waals surface area (Å²) in [6, 6.07) is 0. The number of likely N-dealkylation sites (N-methyl/N-ethyl adjacent to an activating group) is 1. The van der Waals surface area contributed by atoms with Gasteiger partial charge in [0.2, 0.25) is 0 Å². The van der Waals surface area contributed by atoms with E-state index in [2.05, 4.69) is 4.98 Å². The molecule has 0 amide bonds. The van der Waals surface area contributed by atoms with Crippen molar-refractivity contribution in [2.75, 3.05) is 33.9 Å². The second-order valence-electron chi connectivity index (χ2n) is 5.89. The van der Waals surface area contributed by atoms with Crippen molar-refractivity contribution >= 4 is 0 Å². The van der Waals surface area contributed by atoms with Gasteiger partial charge in [0, 0.05) is 18.2 Å². The zero-order valence-electron chi connectivity index (χ0n) is 13.2. The molecule has 0 radical (unpaired) electrons. The fourth-order valence-electron chi connectivity index (χ4n) is 2.43. The molecule has 0 aromatic carbocycles. The largest absolute Gasteiger partial charge is 0.394 e. The number of hydrogen-bond acceptors (Lipinski definition) is 5. The number of hydrogen-bond donors (Lipinski definition) is 3. The number of aliphatic hydroxyl groups is 1. The van der Waals surface area contributed by atoms with E-state index >= 15 is 0 Å². The summed E-state index contributed by atoms with van der Waals surface area (Å²) >= 11 is 0. The number of rotatable bonds is 6. The topological polar surface area (TPSA) is 98.0 Å². The highest BCUT2D eigenvalue weighted by molar-refractivity contribution is 5.02. The molecular weight excluding hydrogens is 290 g/mol. The van der Waals surface area contributed by atoms with Crippen molar-refractivity contribution in [2.45, 2.75) is 31.8 Å². The van der Waals surface area contributed by atoms with E-state index in [1.54, 1.807) is 6.92 Å². The Balaban J connectivity index is 2.10. The maximum atomic E-state index is 11.9. The smallest absolute Gasteiger partial charge is 0.330 e. The fourth-order valence-corrected chi connectivity index (χ4v) is 2.43. The van der Waals surface area contributed by atoms with E-state index < -0.39 is 23.6 Å². The highest BCUT2D eigenvalue weighted by Gasteiger charge is 2.37. The van der Waals surface area contributed by atoms with Crippen LogP contribution in [0, 0.1) is 6.92 Å². The lowest BCUT2D eigenvalue weighted by molar-refractivity contribution is -0.858. The highest BCUT2D eigenvalue weighted by atomic mass is 16.6. The van der Waals surface area contributed by atoms with E-state index in [0.717, 1.165) is 6.54 Å². The second kappa shape index (κ2) is 7.19. The summed E-state index contributed by atoms with van der Waals surface area (Å²) in [5.41, 5.74) is -0.486. The quantitative estimate of drug-likeness (QED) is 0.546. The van der Waals surface area contributed by atoms with Crippen LogP contribution in [-0.4, -0.2) is 60.7 Å². The molecule has 8 heteroatoms. The van der Waals surface area contributed by atoms with Crippen molar-refractivity contribution in [3.63, 3.8) is 0 Å². The highest BCUT2D eigenvalue weighted by Crippen LogP contribution is 2.29. The van der Waals surface area contributed by atoms with Crippen LogP contribution < -0.4 is 16.1 Å². The number of quaternary nitrogens is 1. The first kappa shape index (κ1) is 16.9. The van der Waals surface area contributed by atoms with Gasteiger partial charge in [0.05, 0.1) is 33.4 Å². The predicted molar refractivity (Wildman–Crippen MR) is 79.1 cm³/mol. The van der Waals surface area contributed by atoms with E-state index in [4.69, 9.17) is 9.47 Å². The maximum absolute atomic E-state index is 11.9. The Hall–Kier alpha value is -1.48. The molecule has 3 atom stereocenters. The summed E-state index contributed by atoms with van der Waals surface area (Å²) in [5.74, 6) is 0. The van der Waals surface area contributed by atoms with Crippen molar-refractivity contribution in [1.29, 1.82) is 0 Å². The molecule has 1 saturated heterocycles. The molecule has 1 aliphatic heterocycles. The molecule has 0 unspecified atom stereocenters. The van der Waals surface area contributed by atoms with Crippen LogP contribution in [0.25, 0.3) is 0 Å². The van der Waals surface area contributed by atoms with Gasteiger partial charge in [-0.15, -0.1) is 0 Å². The molecular formula is C14H24N3O5+. The third-order valence-electron chi connectivity index (χ3n) is 3.75. The Morgan fingerprint density at radius 1 is 1.50 bits per heavy atom. The number of aromatic amines is 1. The normalized spacial score (nSPS) is 25.0. The minimum atomic E-state index is -0.545. The van der Waals surface area contributed by atoms with Crippen LogP contribution in [0.3, 0.4) is 0 Å². The van der Waals surface area contributed by atoms with Gasteiger partial charge in [0.15, 0.2) is 0 Å². The Morgan fingerprint density at radius 3 is 2.86 bits per heavy atom. The van der Waals surface area contributed by atoms with Crippen LogP contribution in [0.4, 0.5) is 0 Å². The van der Waals surface area contributed by atoms with Gasteiger partial charge in [-0.1, -0.05) is 0 Å². The van der Waals surface area contributed by atoms with E-state index in [9.17, 15) is 14.7 Å². The molecule has 124 valence electrons. The first-order valence-corrected chi connectivity index (χ1v) is 7.41. The Kier molecular flexibility index (Phi) is 5.52. The van der Waals surface area contributed by atoms with Gasteiger partial charge < -0.3 is 19.5 Å². The van der Waals surface area contributed by atoms with E-state index in [1.165, 1.54) is 15.7 Å². The zero-order valence-corrected chi connectivity index (χ0v) is 13.2. The molecule has 1 aromatic heterocycles. The molecule has 22 heavy (non-hydrogen) atoms. The van der Waals surface area contributed by atoms with Crippen LogP contribution in [0.5, 0.6) is 0 Å². The Morgan fingerprint density at radius 2 is 2.23 bits per heavy atom.